The predicted octanol–water partition coefficient (Wildman–Crippen LogP) is 1.15. The van der Waals surface area contributed by atoms with Crippen molar-refractivity contribution in [3.63, 3.8) is 0 Å². The lowest BCUT2D eigenvalue weighted by Crippen LogP contribution is -2.07. The largest absolute Gasteiger partial charge is 0.465 e. The molecule has 1 aromatic rings. The van der Waals surface area contributed by atoms with E-state index in [0.717, 1.165) is 0 Å². The maximum atomic E-state index is 11.4. The van der Waals surface area contributed by atoms with Crippen molar-refractivity contribution in [2.45, 2.75) is 13.5 Å². The summed E-state index contributed by atoms with van der Waals surface area (Å²) in [5, 5.41) is 17.8. The fourth-order valence-corrected chi connectivity index (χ4v) is 1.33. The van der Waals surface area contributed by atoms with E-state index in [1.165, 1.54) is 13.2 Å². The van der Waals surface area contributed by atoms with Gasteiger partial charge < -0.3 is 9.84 Å². The fourth-order valence-electron chi connectivity index (χ4n) is 1.33. The molecule has 0 aliphatic rings. The van der Waals surface area contributed by atoms with Crippen LogP contribution in [0.1, 0.15) is 27.0 Å². The summed E-state index contributed by atoms with van der Waals surface area (Å²) in [5.41, 5.74) is 1.86. The number of aliphatic hydroxyl groups excluding tert-OH is 1. The molecule has 1 rings (SSSR count). The number of methoxy groups -OCH3 is 1. The molecule has 0 radical (unpaired) electrons. The Kier molecular flexibility index (Phi) is 3.42. The number of carbonyl (C=O) groups excluding carboxylic acids is 1. The molecule has 15 heavy (non-hydrogen) atoms. The average molecular weight is 205 g/mol. The third kappa shape index (κ3) is 2.14. The van der Waals surface area contributed by atoms with Gasteiger partial charge >= 0.3 is 5.97 Å². The van der Waals surface area contributed by atoms with Gasteiger partial charge in [0.25, 0.3) is 0 Å². The van der Waals surface area contributed by atoms with Crippen molar-refractivity contribution in [3.05, 3.63) is 34.4 Å². The zero-order valence-corrected chi connectivity index (χ0v) is 8.57. The summed E-state index contributed by atoms with van der Waals surface area (Å²) in [6, 6.07) is 4.95. The first kappa shape index (κ1) is 11.2. The number of benzene rings is 1. The molecule has 0 fully saturated rings. The molecule has 0 aliphatic heterocycles. The number of rotatable bonds is 2. The molecule has 0 atom stereocenters. The van der Waals surface area contributed by atoms with E-state index in [-0.39, 0.29) is 6.61 Å². The molecule has 0 saturated carbocycles. The number of esters is 1. The SMILES string of the molecule is COC(=O)c1cc(C#N)cc(CO)c1C. The van der Waals surface area contributed by atoms with Gasteiger partial charge in [-0.25, -0.2) is 4.79 Å². The highest BCUT2D eigenvalue weighted by molar-refractivity contribution is 5.91. The zero-order chi connectivity index (χ0) is 11.4. The molecule has 0 saturated heterocycles. The van der Waals surface area contributed by atoms with Gasteiger partial charge in [-0.1, -0.05) is 0 Å². The van der Waals surface area contributed by atoms with Crippen LogP contribution in [0.25, 0.3) is 0 Å². The Balaban J connectivity index is 3.38. The van der Waals surface area contributed by atoms with Gasteiger partial charge in [-0.3, -0.25) is 0 Å². The van der Waals surface area contributed by atoms with Crippen molar-refractivity contribution in [2.75, 3.05) is 7.11 Å². The molecule has 0 aliphatic carbocycles. The number of hydrogen-bond acceptors (Lipinski definition) is 4. The molecule has 0 heterocycles. The Morgan fingerprint density at radius 2 is 2.27 bits per heavy atom. The van der Waals surface area contributed by atoms with Crippen LogP contribution in [0.15, 0.2) is 12.1 Å². The van der Waals surface area contributed by atoms with Crippen LogP contribution in [0, 0.1) is 18.3 Å². The van der Waals surface area contributed by atoms with E-state index >= 15 is 0 Å². The summed E-state index contributed by atoms with van der Waals surface area (Å²) in [6.45, 7) is 1.50. The summed E-state index contributed by atoms with van der Waals surface area (Å²) in [5.74, 6) is -0.501. The Bertz CT molecular complexity index is 432. The van der Waals surface area contributed by atoms with E-state index in [4.69, 9.17) is 10.4 Å². The minimum atomic E-state index is -0.501. The van der Waals surface area contributed by atoms with Gasteiger partial charge in [-0.2, -0.15) is 5.26 Å². The molecule has 0 spiro atoms. The lowest BCUT2D eigenvalue weighted by atomic mass is 9.99. The molecule has 0 unspecified atom stereocenters. The summed E-state index contributed by atoms with van der Waals surface area (Å²) in [6.07, 6.45) is 0. The molecule has 0 bridgehead atoms. The number of aliphatic hydroxyl groups is 1. The lowest BCUT2D eigenvalue weighted by molar-refractivity contribution is 0.0599. The van der Waals surface area contributed by atoms with Crippen molar-refractivity contribution in [2.24, 2.45) is 0 Å². The molecule has 1 N–H and O–H groups in total. The Labute approximate surface area is 87.7 Å². The van der Waals surface area contributed by atoms with Gasteiger partial charge in [-0.05, 0) is 30.2 Å². The second kappa shape index (κ2) is 4.58. The van der Waals surface area contributed by atoms with Crippen molar-refractivity contribution in [3.8, 4) is 6.07 Å². The number of ether oxygens (including phenoxy) is 1. The summed E-state index contributed by atoms with van der Waals surface area (Å²) in [7, 11) is 1.28. The summed E-state index contributed by atoms with van der Waals surface area (Å²) < 4.78 is 4.59. The fraction of sp³-hybridized carbons (Fsp3) is 0.273. The molecule has 4 nitrogen and oxygen atoms in total. The van der Waals surface area contributed by atoms with Gasteiger partial charge in [-0.15, -0.1) is 0 Å². The monoisotopic (exact) mass is 205 g/mol. The molecule has 0 aromatic heterocycles. The summed E-state index contributed by atoms with van der Waals surface area (Å²) >= 11 is 0. The highest BCUT2D eigenvalue weighted by atomic mass is 16.5. The van der Waals surface area contributed by atoms with Crippen LogP contribution in [0.4, 0.5) is 0 Å². The predicted molar refractivity (Wildman–Crippen MR) is 53.2 cm³/mol. The van der Waals surface area contributed by atoms with Crippen molar-refractivity contribution >= 4 is 5.97 Å². The number of nitriles is 1. The van der Waals surface area contributed by atoms with Crippen LogP contribution in [-0.4, -0.2) is 18.2 Å². The molecular weight excluding hydrogens is 194 g/mol. The van der Waals surface area contributed by atoms with Crippen LogP contribution in [0.2, 0.25) is 0 Å². The van der Waals surface area contributed by atoms with E-state index < -0.39 is 5.97 Å². The van der Waals surface area contributed by atoms with E-state index in [0.29, 0.717) is 22.3 Å². The smallest absolute Gasteiger partial charge is 0.338 e. The maximum absolute atomic E-state index is 11.4. The Morgan fingerprint density at radius 1 is 1.60 bits per heavy atom. The molecule has 0 amide bonds. The topological polar surface area (TPSA) is 70.3 Å². The third-order valence-corrected chi connectivity index (χ3v) is 2.22. The van der Waals surface area contributed by atoms with Crippen molar-refractivity contribution in [1.82, 2.24) is 0 Å². The van der Waals surface area contributed by atoms with E-state index in [1.807, 2.05) is 6.07 Å². The molecular formula is C11H11NO3. The van der Waals surface area contributed by atoms with Gasteiger partial charge in [0.1, 0.15) is 0 Å². The van der Waals surface area contributed by atoms with E-state index in [2.05, 4.69) is 4.74 Å². The second-order valence-corrected chi connectivity index (χ2v) is 3.07. The molecule has 4 heteroatoms. The van der Waals surface area contributed by atoms with Gasteiger partial charge in [0.05, 0.1) is 30.9 Å². The first-order chi connectivity index (χ1) is 7.13. The third-order valence-electron chi connectivity index (χ3n) is 2.22. The minimum Gasteiger partial charge on any atom is -0.465 e. The second-order valence-electron chi connectivity index (χ2n) is 3.07. The highest BCUT2D eigenvalue weighted by Crippen LogP contribution is 2.17. The Morgan fingerprint density at radius 3 is 2.73 bits per heavy atom. The Hall–Kier alpha value is -1.86. The van der Waals surface area contributed by atoms with E-state index in [9.17, 15) is 4.79 Å². The van der Waals surface area contributed by atoms with Crippen LogP contribution < -0.4 is 0 Å². The highest BCUT2D eigenvalue weighted by Gasteiger charge is 2.13. The summed E-state index contributed by atoms with van der Waals surface area (Å²) in [4.78, 5) is 11.4. The molecule has 1 aromatic carbocycles. The van der Waals surface area contributed by atoms with Gasteiger partial charge in [0, 0.05) is 0 Å². The standard InChI is InChI=1S/C11H11NO3/c1-7-9(6-13)3-8(5-12)4-10(7)11(14)15-2/h3-4,13H,6H2,1-2H3. The normalized spacial score (nSPS) is 9.47. The average Bonchev–Trinajstić information content (AvgIpc) is 2.28. The number of nitrogens with zero attached hydrogens (tertiary/aromatic N) is 1. The van der Waals surface area contributed by atoms with Crippen LogP contribution in [0.5, 0.6) is 0 Å². The van der Waals surface area contributed by atoms with Gasteiger partial charge in [0.2, 0.25) is 0 Å². The van der Waals surface area contributed by atoms with Crippen LogP contribution in [0.3, 0.4) is 0 Å². The van der Waals surface area contributed by atoms with Gasteiger partial charge in [0.15, 0.2) is 0 Å². The van der Waals surface area contributed by atoms with E-state index in [1.54, 1.807) is 13.0 Å². The zero-order valence-electron chi connectivity index (χ0n) is 8.57. The first-order valence-electron chi connectivity index (χ1n) is 4.36. The van der Waals surface area contributed by atoms with Crippen LogP contribution >= 0.6 is 0 Å². The lowest BCUT2D eigenvalue weighted by Gasteiger charge is -2.08. The van der Waals surface area contributed by atoms with Crippen LogP contribution in [-0.2, 0) is 11.3 Å². The minimum absolute atomic E-state index is 0.203. The van der Waals surface area contributed by atoms with Crippen molar-refractivity contribution in [1.29, 1.82) is 5.26 Å². The first-order valence-corrected chi connectivity index (χ1v) is 4.36. The maximum Gasteiger partial charge on any atom is 0.338 e. The number of carbonyl (C=O) groups is 1. The quantitative estimate of drug-likeness (QED) is 0.735. The number of hydrogen-bond donors (Lipinski definition) is 1. The van der Waals surface area contributed by atoms with Crippen molar-refractivity contribution < 1.29 is 14.6 Å². The molecule has 78 valence electrons.